The molecule has 1 aliphatic heterocycles. The predicted molar refractivity (Wildman–Crippen MR) is 144 cm³/mol. The molecule has 0 N–H and O–H groups in total. The Morgan fingerprint density at radius 3 is 2.24 bits per heavy atom. The minimum Gasteiger partial charge on any atom is -0.497 e. The number of thioether (sulfide) groups is 1. The van der Waals surface area contributed by atoms with Gasteiger partial charge in [0, 0.05) is 49.0 Å². The summed E-state index contributed by atoms with van der Waals surface area (Å²) in [6.07, 6.45) is 0. The van der Waals surface area contributed by atoms with E-state index in [1.165, 1.54) is 11.8 Å². The third-order valence-corrected chi connectivity index (χ3v) is 7.13. The van der Waals surface area contributed by atoms with Crippen LogP contribution in [0, 0.1) is 13.8 Å². The van der Waals surface area contributed by atoms with E-state index in [9.17, 15) is 4.79 Å². The van der Waals surface area contributed by atoms with E-state index in [1.54, 1.807) is 11.8 Å². The van der Waals surface area contributed by atoms with Gasteiger partial charge in [0.15, 0.2) is 10.9 Å². The average molecular weight is 516 g/mol. The molecule has 0 radical (unpaired) electrons. The summed E-state index contributed by atoms with van der Waals surface area (Å²) in [7, 11) is 1.66. The highest BCUT2D eigenvalue weighted by Crippen LogP contribution is 2.25. The first-order valence-corrected chi connectivity index (χ1v) is 13.1. The minimum absolute atomic E-state index is 0.103. The van der Waals surface area contributed by atoms with Gasteiger partial charge >= 0.3 is 0 Å². The molecular formula is C27H29N7O2S. The summed E-state index contributed by atoms with van der Waals surface area (Å²) >= 11 is 1.48. The van der Waals surface area contributed by atoms with E-state index in [2.05, 4.69) is 25.2 Å². The van der Waals surface area contributed by atoms with E-state index >= 15 is 0 Å². The second-order valence-electron chi connectivity index (χ2n) is 8.83. The lowest BCUT2D eigenvalue weighted by Gasteiger charge is -2.36. The molecule has 0 atom stereocenters. The molecule has 2 aromatic heterocycles. The molecule has 0 bridgehead atoms. The van der Waals surface area contributed by atoms with Crippen LogP contribution in [0.2, 0.25) is 0 Å². The Hall–Kier alpha value is -3.92. The number of nitrogens with zero attached hydrogens (tertiary/aromatic N) is 7. The van der Waals surface area contributed by atoms with Crippen LogP contribution in [-0.4, -0.2) is 69.1 Å². The fourth-order valence-electron chi connectivity index (χ4n) is 4.38. The number of piperazine rings is 1. The predicted octanol–water partition coefficient (Wildman–Crippen LogP) is 3.94. The fraction of sp³-hybridized carbons (Fsp3) is 0.296. The van der Waals surface area contributed by atoms with Gasteiger partial charge in [-0.05, 0) is 56.3 Å². The fourth-order valence-corrected chi connectivity index (χ4v) is 5.32. The number of hydrogen-bond donors (Lipinski definition) is 0. The van der Waals surface area contributed by atoms with Crippen molar-refractivity contribution in [3.63, 3.8) is 0 Å². The summed E-state index contributed by atoms with van der Waals surface area (Å²) in [6.45, 7) is 6.60. The van der Waals surface area contributed by atoms with Crippen molar-refractivity contribution in [3.8, 4) is 11.4 Å². The third-order valence-electron chi connectivity index (χ3n) is 6.27. The van der Waals surface area contributed by atoms with Crippen molar-refractivity contribution in [2.24, 2.45) is 0 Å². The van der Waals surface area contributed by atoms with E-state index in [4.69, 9.17) is 4.74 Å². The molecule has 10 heteroatoms. The number of ether oxygens (including phenoxy) is 1. The van der Waals surface area contributed by atoms with Crippen molar-refractivity contribution >= 4 is 23.4 Å². The molecule has 9 nitrogen and oxygen atoms in total. The SMILES string of the molecule is COc1ccc(N2CCN(C(=O)c3nnn(-c4ccccc4)c3CSc3nc(C)cc(C)n3)CC2)cc1. The zero-order chi connectivity index (χ0) is 25.8. The van der Waals surface area contributed by atoms with E-state index in [-0.39, 0.29) is 5.91 Å². The van der Waals surface area contributed by atoms with Gasteiger partial charge in [-0.25, -0.2) is 14.6 Å². The quantitative estimate of drug-likeness (QED) is 0.270. The number of anilines is 1. The van der Waals surface area contributed by atoms with E-state index in [0.29, 0.717) is 29.7 Å². The maximum Gasteiger partial charge on any atom is 0.276 e. The number of methoxy groups -OCH3 is 1. The van der Waals surface area contributed by atoms with E-state index < -0.39 is 0 Å². The highest BCUT2D eigenvalue weighted by Gasteiger charge is 2.28. The summed E-state index contributed by atoms with van der Waals surface area (Å²) in [5.41, 5.74) is 4.91. The first kappa shape index (κ1) is 24.8. The molecule has 5 rings (SSSR count). The molecule has 0 unspecified atom stereocenters. The van der Waals surface area contributed by atoms with Crippen molar-refractivity contribution in [2.45, 2.75) is 24.8 Å². The lowest BCUT2D eigenvalue weighted by atomic mass is 10.2. The van der Waals surface area contributed by atoms with Crippen LogP contribution in [0.25, 0.3) is 5.69 Å². The van der Waals surface area contributed by atoms with Crippen LogP contribution in [0.1, 0.15) is 27.6 Å². The van der Waals surface area contributed by atoms with Gasteiger partial charge in [-0.2, -0.15) is 0 Å². The van der Waals surface area contributed by atoms with E-state index in [0.717, 1.165) is 47.3 Å². The monoisotopic (exact) mass is 515 g/mol. The van der Waals surface area contributed by atoms with Crippen LogP contribution in [0.4, 0.5) is 5.69 Å². The summed E-state index contributed by atoms with van der Waals surface area (Å²) in [4.78, 5) is 26.9. The second kappa shape index (κ2) is 11.0. The summed E-state index contributed by atoms with van der Waals surface area (Å²) in [5, 5.41) is 9.39. The Bertz CT molecular complexity index is 1350. The Kier molecular flexibility index (Phi) is 7.36. The maximum atomic E-state index is 13.6. The van der Waals surface area contributed by atoms with Gasteiger partial charge in [-0.1, -0.05) is 35.2 Å². The number of benzene rings is 2. The molecular weight excluding hydrogens is 486 g/mol. The van der Waals surface area contributed by atoms with Gasteiger partial charge in [-0.3, -0.25) is 4.79 Å². The van der Waals surface area contributed by atoms with Crippen LogP contribution in [-0.2, 0) is 5.75 Å². The number of aryl methyl sites for hydroxylation is 2. The largest absolute Gasteiger partial charge is 0.497 e. The van der Waals surface area contributed by atoms with Gasteiger partial charge in [-0.15, -0.1) is 5.10 Å². The van der Waals surface area contributed by atoms with Gasteiger partial charge in [0.25, 0.3) is 5.91 Å². The van der Waals surface area contributed by atoms with Gasteiger partial charge in [0.05, 0.1) is 18.5 Å². The summed E-state index contributed by atoms with van der Waals surface area (Å²) < 4.78 is 7.01. The number of para-hydroxylation sites is 1. The molecule has 4 aromatic rings. The van der Waals surface area contributed by atoms with Crippen LogP contribution < -0.4 is 9.64 Å². The van der Waals surface area contributed by atoms with E-state index in [1.807, 2.05) is 79.4 Å². The zero-order valence-electron chi connectivity index (χ0n) is 21.2. The minimum atomic E-state index is -0.103. The molecule has 1 aliphatic rings. The van der Waals surface area contributed by atoms with Crippen molar-refractivity contribution in [1.82, 2.24) is 29.9 Å². The molecule has 190 valence electrons. The lowest BCUT2D eigenvalue weighted by Crippen LogP contribution is -2.49. The van der Waals surface area contributed by atoms with Gasteiger partial charge in [0.2, 0.25) is 0 Å². The Morgan fingerprint density at radius 1 is 0.919 bits per heavy atom. The van der Waals surface area contributed by atoms with Crippen LogP contribution in [0.5, 0.6) is 5.75 Å². The molecule has 0 aliphatic carbocycles. The average Bonchev–Trinajstić information content (AvgIpc) is 3.35. The number of rotatable bonds is 7. The topological polar surface area (TPSA) is 89.3 Å². The number of carbonyl (C=O) groups excluding carboxylic acids is 1. The Labute approximate surface area is 220 Å². The maximum absolute atomic E-state index is 13.6. The highest BCUT2D eigenvalue weighted by atomic mass is 32.2. The molecule has 2 aromatic carbocycles. The zero-order valence-corrected chi connectivity index (χ0v) is 22.0. The van der Waals surface area contributed by atoms with Crippen LogP contribution in [0.15, 0.2) is 65.8 Å². The number of amides is 1. The van der Waals surface area contributed by atoms with Gasteiger partial charge in [0.1, 0.15) is 5.75 Å². The molecule has 0 saturated carbocycles. The molecule has 0 spiro atoms. The van der Waals surface area contributed by atoms with Crippen molar-refractivity contribution in [2.75, 3.05) is 38.2 Å². The normalized spacial score (nSPS) is 13.6. The summed E-state index contributed by atoms with van der Waals surface area (Å²) in [5.74, 6) is 1.20. The van der Waals surface area contributed by atoms with Crippen molar-refractivity contribution in [3.05, 3.63) is 83.4 Å². The Balaban J connectivity index is 1.35. The molecule has 1 fully saturated rings. The van der Waals surface area contributed by atoms with Crippen molar-refractivity contribution in [1.29, 1.82) is 0 Å². The number of carbonyl (C=O) groups is 1. The third kappa shape index (κ3) is 5.59. The second-order valence-corrected chi connectivity index (χ2v) is 9.77. The smallest absolute Gasteiger partial charge is 0.276 e. The molecule has 3 heterocycles. The number of aromatic nitrogens is 5. The molecule has 37 heavy (non-hydrogen) atoms. The van der Waals surface area contributed by atoms with Crippen molar-refractivity contribution < 1.29 is 9.53 Å². The standard InChI is InChI=1S/C27H29N7O2S/c1-19-17-20(2)29-27(28-19)37-18-24-25(30-31-34(24)22-7-5-4-6-8-22)26(35)33-15-13-32(14-16-33)21-9-11-23(36-3)12-10-21/h4-12,17H,13-16,18H2,1-3H3. The first-order valence-electron chi connectivity index (χ1n) is 12.1. The molecule has 1 saturated heterocycles. The highest BCUT2D eigenvalue weighted by molar-refractivity contribution is 7.98. The van der Waals surface area contributed by atoms with Gasteiger partial charge < -0.3 is 14.5 Å². The first-order chi connectivity index (χ1) is 18.0. The Morgan fingerprint density at radius 2 is 1.59 bits per heavy atom. The lowest BCUT2D eigenvalue weighted by molar-refractivity contribution is 0.0740. The summed E-state index contributed by atoms with van der Waals surface area (Å²) in [6, 6.07) is 19.7. The number of hydrogen-bond acceptors (Lipinski definition) is 8. The molecule has 1 amide bonds. The van der Waals surface area contributed by atoms with Crippen LogP contribution >= 0.6 is 11.8 Å². The van der Waals surface area contributed by atoms with Crippen LogP contribution in [0.3, 0.4) is 0 Å².